The van der Waals surface area contributed by atoms with E-state index < -0.39 is 11.2 Å². The van der Waals surface area contributed by atoms with Gasteiger partial charge in [0.25, 0.3) is 5.95 Å². The van der Waals surface area contributed by atoms with Gasteiger partial charge in [-0.25, -0.2) is 0 Å². The quantitative estimate of drug-likeness (QED) is 0.608. The van der Waals surface area contributed by atoms with E-state index in [0.717, 1.165) is 19.3 Å². The normalized spacial score (nSPS) is 21.8. The van der Waals surface area contributed by atoms with Crippen LogP contribution in [0.25, 0.3) is 11.0 Å². The van der Waals surface area contributed by atoms with Crippen molar-refractivity contribution in [1.29, 1.82) is 0 Å². The summed E-state index contributed by atoms with van der Waals surface area (Å²) in [5, 5.41) is 10.3. The molecule has 0 aliphatic carbocycles. The predicted molar refractivity (Wildman–Crippen MR) is 120 cm³/mol. The summed E-state index contributed by atoms with van der Waals surface area (Å²) in [6.45, 7) is 9.66. The van der Waals surface area contributed by atoms with Gasteiger partial charge in [-0.15, -0.1) is 0 Å². The van der Waals surface area contributed by atoms with E-state index in [9.17, 15) is 9.90 Å². The second kappa shape index (κ2) is 8.31. The molecular formula is C25H32O5. The van der Waals surface area contributed by atoms with E-state index in [0.29, 0.717) is 28.2 Å². The van der Waals surface area contributed by atoms with Crippen LogP contribution in [0.1, 0.15) is 65.4 Å². The summed E-state index contributed by atoms with van der Waals surface area (Å²) in [4.78, 5) is 13.1. The average molecular weight is 413 g/mol. The van der Waals surface area contributed by atoms with Crippen molar-refractivity contribution in [2.75, 3.05) is 7.11 Å². The van der Waals surface area contributed by atoms with Crippen LogP contribution < -0.4 is 14.9 Å². The molecule has 1 aliphatic heterocycles. The monoisotopic (exact) mass is 412 g/mol. The van der Waals surface area contributed by atoms with Crippen molar-refractivity contribution < 1.29 is 19.0 Å². The molecule has 2 heterocycles. The molecule has 2 aromatic rings. The number of ether oxygens (including phenoxy) is 2. The highest BCUT2D eigenvalue weighted by Crippen LogP contribution is 2.46. The molecule has 0 fully saturated rings. The van der Waals surface area contributed by atoms with Crippen molar-refractivity contribution in [2.24, 2.45) is 0 Å². The lowest BCUT2D eigenvalue weighted by Gasteiger charge is -2.27. The Morgan fingerprint density at radius 1 is 1.37 bits per heavy atom. The SMILES string of the molecule is COc1ccc2c(=O)c3c(oc2c1)O[C@](C)(CC/C=C(\C)C/C=C/C(C)(C)O)[C@H]3C. The molecule has 162 valence electrons. The molecule has 0 spiro atoms. The van der Waals surface area contributed by atoms with Crippen LogP contribution in [-0.4, -0.2) is 23.4 Å². The van der Waals surface area contributed by atoms with E-state index >= 15 is 0 Å². The fourth-order valence-electron chi connectivity index (χ4n) is 3.84. The van der Waals surface area contributed by atoms with Crippen LogP contribution >= 0.6 is 0 Å². The topological polar surface area (TPSA) is 68.9 Å². The van der Waals surface area contributed by atoms with Crippen LogP contribution in [0.3, 0.4) is 0 Å². The molecule has 5 heteroatoms. The summed E-state index contributed by atoms with van der Waals surface area (Å²) in [5.41, 5.74) is 0.988. The van der Waals surface area contributed by atoms with Gasteiger partial charge >= 0.3 is 0 Å². The summed E-state index contributed by atoms with van der Waals surface area (Å²) in [5.74, 6) is 0.891. The molecule has 0 saturated heterocycles. The molecule has 2 atom stereocenters. The number of hydrogen-bond acceptors (Lipinski definition) is 5. The fraction of sp³-hybridized carbons (Fsp3) is 0.480. The van der Waals surface area contributed by atoms with E-state index in [1.54, 1.807) is 45.2 Å². The molecule has 0 bridgehead atoms. The first-order valence-electron chi connectivity index (χ1n) is 10.4. The first-order chi connectivity index (χ1) is 14.0. The van der Waals surface area contributed by atoms with Crippen LogP contribution in [-0.2, 0) is 0 Å². The molecule has 0 saturated carbocycles. The molecule has 1 aromatic heterocycles. The first-order valence-corrected chi connectivity index (χ1v) is 10.4. The minimum atomic E-state index is -0.792. The summed E-state index contributed by atoms with van der Waals surface area (Å²) >= 11 is 0. The smallest absolute Gasteiger partial charge is 0.293 e. The number of benzene rings is 1. The Morgan fingerprint density at radius 3 is 2.77 bits per heavy atom. The Morgan fingerprint density at radius 2 is 2.10 bits per heavy atom. The second-order valence-electron chi connectivity index (χ2n) is 8.98. The molecule has 0 amide bonds. The maximum absolute atomic E-state index is 13.1. The Labute approximate surface area is 178 Å². The van der Waals surface area contributed by atoms with Crippen molar-refractivity contribution >= 4 is 11.0 Å². The third-order valence-electron chi connectivity index (χ3n) is 5.87. The lowest BCUT2D eigenvalue weighted by molar-refractivity contribution is 0.0637. The molecule has 0 unspecified atom stereocenters. The molecule has 1 N–H and O–H groups in total. The summed E-state index contributed by atoms with van der Waals surface area (Å²) < 4.78 is 17.4. The maximum atomic E-state index is 13.1. The summed E-state index contributed by atoms with van der Waals surface area (Å²) in [7, 11) is 1.58. The minimum absolute atomic E-state index is 0.0337. The van der Waals surface area contributed by atoms with Gasteiger partial charge in [-0.2, -0.15) is 0 Å². The van der Waals surface area contributed by atoms with Gasteiger partial charge in [-0.3, -0.25) is 4.79 Å². The van der Waals surface area contributed by atoms with E-state index in [1.807, 2.05) is 19.9 Å². The van der Waals surface area contributed by atoms with Crippen molar-refractivity contribution in [3.8, 4) is 11.7 Å². The van der Waals surface area contributed by atoms with Gasteiger partial charge in [0.15, 0.2) is 5.43 Å². The van der Waals surface area contributed by atoms with Crippen LogP contribution in [0.15, 0.2) is 51.2 Å². The van der Waals surface area contributed by atoms with Gasteiger partial charge in [0.2, 0.25) is 0 Å². The number of hydrogen-bond donors (Lipinski definition) is 1. The maximum Gasteiger partial charge on any atom is 0.293 e. The van der Waals surface area contributed by atoms with Gasteiger partial charge in [-0.1, -0.05) is 30.7 Å². The van der Waals surface area contributed by atoms with Crippen LogP contribution in [0, 0.1) is 0 Å². The number of fused-ring (bicyclic) bond motifs is 2. The van der Waals surface area contributed by atoms with Gasteiger partial charge in [-0.05, 0) is 59.1 Å². The summed E-state index contributed by atoms with van der Waals surface area (Å²) in [6, 6.07) is 5.23. The molecule has 3 rings (SSSR count). The zero-order valence-electron chi connectivity index (χ0n) is 18.7. The molecule has 1 aliphatic rings. The number of aliphatic hydroxyl groups is 1. The Hall–Kier alpha value is -2.53. The number of rotatable bonds is 7. The molecule has 30 heavy (non-hydrogen) atoms. The summed E-state index contributed by atoms with van der Waals surface area (Å²) in [6.07, 6.45) is 8.38. The lowest BCUT2D eigenvalue weighted by atomic mass is 9.83. The Bertz CT molecular complexity index is 1040. The zero-order chi connectivity index (χ0) is 22.1. The lowest BCUT2D eigenvalue weighted by Crippen LogP contribution is -2.33. The molecule has 0 radical (unpaired) electrons. The first kappa shape index (κ1) is 22.2. The third kappa shape index (κ3) is 4.62. The van der Waals surface area contributed by atoms with Gasteiger partial charge < -0.3 is 19.0 Å². The van der Waals surface area contributed by atoms with Gasteiger partial charge in [0.1, 0.15) is 16.9 Å². The van der Waals surface area contributed by atoms with Crippen molar-refractivity contribution in [2.45, 2.75) is 71.0 Å². The molecule has 1 aromatic carbocycles. The van der Waals surface area contributed by atoms with E-state index in [4.69, 9.17) is 13.9 Å². The van der Waals surface area contributed by atoms with Crippen LogP contribution in [0.4, 0.5) is 0 Å². The minimum Gasteiger partial charge on any atom is -0.497 e. The van der Waals surface area contributed by atoms with Gasteiger partial charge in [0, 0.05) is 12.0 Å². The highest BCUT2D eigenvalue weighted by atomic mass is 16.6. The highest BCUT2D eigenvalue weighted by molar-refractivity contribution is 5.79. The average Bonchev–Trinajstić information content (AvgIpc) is 2.91. The van der Waals surface area contributed by atoms with E-state index in [2.05, 4.69) is 13.0 Å². The zero-order valence-corrected chi connectivity index (χ0v) is 18.7. The highest BCUT2D eigenvalue weighted by Gasteiger charge is 2.45. The molecule has 5 nitrogen and oxygen atoms in total. The predicted octanol–water partition coefficient (Wildman–Crippen LogP) is 5.50. The van der Waals surface area contributed by atoms with Crippen molar-refractivity contribution in [3.63, 3.8) is 0 Å². The van der Waals surface area contributed by atoms with Crippen molar-refractivity contribution in [1.82, 2.24) is 0 Å². The van der Waals surface area contributed by atoms with Crippen LogP contribution in [0.5, 0.6) is 11.7 Å². The van der Waals surface area contributed by atoms with E-state index in [1.165, 1.54) is 5.57 Å². The van der Waals surface area contributed by atoms with Crippen molar-refractivity contribution in [3.05, 3.63) is 57.8 Å². The number of methoxy groups -OCH3 is 1. The Kier molecular flexibility index (Phi) is 6.14. The third-order valence-corrected chi connectivity index (χ3v) is 5.87. The Balaban J connectivity index is 1.76. The van der Waals surface area contributed by atoms with Gasteiger partial charge in [0.05, 0.1) is 23.7 Å². The fourth-order valence-corrected chi connectivity index (χ4v) is 3.84. The van der Waals surface area contributed by atoms with E-state index in [-0.39, 0.29) is 11.3 Å². The number of allylic oxidation sites excluding steroid dienone is 3. The second-order valence-corrected chi connectivity index (χ2v) is 8.98. The standard InChI is InChI=1S/C25H32O5/c1-16(9-7-13-24(3,4)27)10-8-14-25(5)17(2)21-22(26)19-12-11-18(28-6)15-20(19)29-23(21)30-25/h7,10-13,15,17,27H,8-9,14H2,1-6H3/b13-7+,16-10+/t17-,25+/m0/s1. The van der Waals surface area contributed by atoms with Crippen LogP contribution in [0.2, 0.25) is 0 Å². The molecular weight excluding hydrogens is 380 g/mol. The largest absolute Gasteiger partial charge is 0.497 e.